The van der Waals surface area contributed by atoms with Gasteiger partial charge in [-0.05, 0) is 31.1 Å². The minimum absolute atomic E-state index is 0.110. The molecule has 90 valence electrons. The normalized spacial score (nSPS) is 12.7. The number of halogens is 2. The van der Waals surface area contributed by atoms with Gasteiger partial charge in [0.05, 0.1) is 10.6 Å². The summed E-state index contributed by atoms with van der Waals surface area (Å²) in [6, 6.07) is 9.03. The van der Waals surface area contributed by atoms with Crippen LogP contribution in [0.25, 0.3) is 0 Å². The van der Waals surface area contributed by atoms with Gasteiger partial charge in [0.2, 0.25) is 6.69 Å². The molecule has 6 heteroatoms. The lowest BCUT2D eigenvalue weighted by Crippen LogP contribution is -2.15. The summed E-state index contributed by atoms with van der Waals surface area (Å²) in [6.07, 6.45) is 0.521. The van der Waals surface area contributed by atoms with Gasteiger partial charge in [0.25, 0.3) is 0 Å². The molecule has 0 fully saturated rings. The Bertz CT molecular complexity index is 426. The highest BCUT2D eigenvalue weighted by molar-refractivity contribution is 7.91. The predicted octanol–water partition coefficient (Wildman–Crippen LogP) is 3.40. The molecule has 0 aliphatic heterocycles. The lowest BCUT2D eigenvalue weighted by atomic mass is 10.4. The van der Waals surface area contributed by atoms with Crippen molar-refractivity contribution >= 4 is 38.7 Å². The van der Waals surface area contributed by atoms with Gasteiger partial charge in [-0.1, -0.05) is 18.2 Å². The average Bonchev–Trinajstić information content (AvgIpc) is 2.17. The third-order valence-electron chi connectivity index (χ3n) is 2.13. The van der Waals surface area contributed by atoms with Crippen LogP contribution in [0.15, 0.2) is 35.2 Å². The fraction of sp³-hybridized carbons (Fsp3) is 0.400. The molecule has 0 N–H and O–H groups in total. The van der Waals surface area contributed by atoms with E-state index in [-0.39, 0.29) is 5.75 Å². The van der Waals surface area contributed by atoms with Crippen molar-refractivity contribution in [2.45, 2.75) is 23.9 Å². The molecule has 0 spiro atoms. The van der Waals surface area contributed by atoms with E-state index in [1.165, 1.54) is 0 Å². The van der Waals surface area contributed by atoms with Crippen molar-refractivity contribution in [3.8, 4) is 0 Å². The Kier molecular flexibility index (Phi) is 4.85. The maximum absolute atomic E-state index is 11.8. The van der Waals surface area contributed by atoms with Gasteiger partial charge in [-0.15, -0.1) is 22.2 Å². The Morgan fingerprint density at radius 2 is 1.75 bits per heavy atom. The summed E-state index contributed by atoms with van der Waals surface area (Å²) < 4.78 is 23.7. The molecule has 0 unspecified atom stereocenters. The van der Waals surface area contributed by atoms with E-state index in [0.29, 0.717) is 17.4 Å². The minimum Gasteiger partial charge on any atom is -0.224 e. The quantitative estimate of drug-likeness (QED) is 0.616. The molecular weight excluding hydrogens is 283 g/mol. The number of hydrogen-bond donors (Lipinski definition) is 0. The van der Waals surface area contributed by atoms with Crippen molar-refractivity contribution in [2.24, 2.45) is 0 Å². The third-order valence-corrected chi connectivity index (χ3v) is 6.31. The molecule has 0 saturated heterocycles. The van der Waals surface area contributed by atoms with Crippen molar-refractivity contribution in [1.29, 1.82) is 0 Å². The van der Waals surface area contributed by atoms with Crippen molar-refractivity contribution in [3.05, 3.63) is 30.3 Å². The molecule has 0 radical (unpaired) electrons. The lowest BCUT2D eigenvalue weighted by molar-refractivity contribution is 0.594. The van der Waals surface area contributed by atoms with Crippen LogP contribution >= 0.6 is 22.2 Å². The van der Waals surface area contributed by atoms with Crippen LogP contribution in [-0.2, 0) is 9.84 Å². The average molecular weight is 297 g/mol. The van der Waals surface area contributed by atoms with Gasteiger partial charge in [0, 0.05) is 0 Å². The Morgan fingerprint density at radius 3 is 2.25 bits per heavy atom. The maximum atomic E-state index is 11.8. The Labute approximate surface area is 107 Å². The number of hydrogen-bond acceptors (Lipinski definition) is 2. The molecule has 0 bridgehead atoms. The summed E-state index contributed by atoms with van der Waals surface area (Å²) in [6.45, 7) is -0.381. The van der Waals surface area contributed by atoms with Gasteiger partial charge in [0.15, 0.2) is 9.84 Å². The third kappa shape index (κ3) is 4.87. The largest absolute Gasteiger partial charge is 0.248 e. The minimum atomic E-state index is -3.18. The van der Waals surface area contributed by atoms with Gasteiger partial charge < -0.3 is 0 Å². The van der Waals surface area contributed by atoms with Crippen molar-refractivity contribution in [1.82, 2.24) is 0 Å². The topological polar surface area (TPSA) is 34.1 Å². The summed E-state index contributed by atoms with van der Waals surface area (Å²) in [5.41, 5.74) is 0. The number of benzene rings is 1. The van der Waals surface area contributed by atoms with Crippen LogP contribution in [0.2, 0.25) is 12.6 Å². The summed E-state index contributed by atoms with van der Waals surface area (Å²) in [5.74, 6) is 0.110. The molecule has 2 nitrogen and oxygen atoms in total. The molecule has 1 aromatic carbocycles. The van der Waals surface area contributed by atoms with E-state index >= 15 is 0 Å². The molecule has 16 heavy (non-hydrogen) atoms. The second kappa shape index (κ2) is 5.54. The van der Waals surface area contributed by atoms with E-state index in [1.807, 2.05) is 0 Å². The standard InChI is InChI=1S/C10H14Cl2O2SSi/c1-16(11,12)9-5-8-15(13,14)10-6-3-2-4-7-10/h2-4,6-7H,5,8-9H2,1H3. The highest BCUT2D eigenvalue weighted by Crippen LogP contribution is 2.22. The molecule has 0 aliphatic carbocycles. The van der Waals surface area contributed by atoms with Crippen LogP contribution in [0.1, 0.15) is 6.42 Å². The molecule has 1 rings (SSSR count). The highest BCUT2D eigenvalue weighted by atomic mass is 35.7. The molecule has 0 heterocycles. The van der Waals surface area contributed by atoms with Crippen molar-refractivity contribution < 1.29 is 8.42 Å². The van der Waals surface area contributed by atoms with Crippen molar-refractivity contribution in [2.75, 3.05) is 5.75 Å². The molecule has 1 aromatic rings. The predicted molar refractivity (Wildman–Crippen MR) is 71.2 cm³/mol. The lowest BCUT2D eigenvalue weighted by Gasteiger charge is -2.09. The molecule has 0 saturated carbocycles. The van der Waals surface area contributed by atoms with Crippen LogP contribution in [0, 0.1) is 0 Å². The second-order valence-electron chi connectivity index (χ2n) is 3.81. The first kappa shape index (κ1) is 14.0. The summed E-state index contributed by atoms with van der Waals surface area (Å²) in [7, 11) is -3.18. The first-order valence-corrected chi connectivity index (χ1v) is 11.4. The summed E-state index contributed by atoms with van der Waals surface area (Å²) >= 11 is 11.8. The van der Waals surface area contributed by atoms with Crippen molar-refractivity contribution in [3.63, 3.8) is 0 Å². The van der Waals surface area contributed by atoms with Crippen LogP contribution < -0.4 is 0 Å². The van der Waals surface area contributed by atoms with E-state index in [2.05, 4.69) is 0 Å². The zero-order chi connectivity index (χ0) is 12.2. The Balaban J connectivity index is 2.61. The molecule has 0 amide bonds. The van der Waals surface area contributed by atoms with Gasteiger partial charge in [-0.3, -0.25) is 0 Å². The van der Waals surface area contributed by atoms with Crippen LogP contribution in [0.5, 0.6) is 0 Å². The second-order valence-corrected chi connectivity index (χ2v) is 14.1. The fourth-order valence-corrected chi connectivity index (χ4v) is 4.51. The van der Waals surface area contributed by atoms with Gasteiger partial charge in [-0.25, -0.2) is 8.42 Å². The van der Waals surface area contributed by atoms with E-state index in [0.717, 1.165) is 0 Å². The van der Waals surface area contributed by atoms with Gasteiger partial charge in [0.1, 0.15) is 0 Å². The number of rotatable bonds is 5. The molecule has 0 aromatic heterocycles. The van der Waals surface area contributed by atoms with Gasteiger partial charge in [-0.2, -0.15) is 0 Å². The number of sulfone groups is 1. The smallest absolute Gasteiger partial charge is 0.224 e. The highest BCUT2D eigenvalue weighted by Gasteiger charge is 2.22. The van der Waals surface area contributed by atoms with E-state index in [1.54, 1.807) is 36.9 Å². The zero-order valence-corrected chi connectivity index (χ0v) is 12.3. The summed E-state index contributed by atoms with van der Waals surface area (Å²) in [4.78, 5) is 0.363. The Hall–Kier alpha value is -0.0331. The molecule has 0 aliphatic rings. The maximum Gasteiger partial charge on any atom is 0.248 e. The SMILES string of the molecule is C[Si](Cl)(Cl)CCCS(=O)(=O)c1ccccc1. The monoisotopic (exact) mass is 296 g/mol. The fourth-order valence-electron chi connectivity index (χ4n) is 1.32. The van der Waals surface area contributed by atoms with Gasteiger partial charge >= 0.3 is 0 Å². The van der Waals surface area contributed by atoms with Crippen LogP contribution in [0.3, 0.4) is 0 Å². The van der Waals surface area contributed by atoms with E-state index < -0.39 is 16.5 Å². The first-order chi connectivity index (χ1) is 7.31. The van der Waals surface area contributed by atoms with E-state index in [9.17, 15) is 8.42 Å². The van der Waals surface area contributed by atoms with Crippen LogP contribution in [-0.4, -0.2) is 20.9 Å². The first-order valence-electron chi connectivity index (χ1n) is 4.97. The van der Waals surface area contributed by atoms with Crippen LogP contribution in [0.4, 0.5) is 0 Å². The summed E-state index contributed by atoms with van der Waals surface area (Å²) in [5, 5.41) is 0. The molecular formula is C10H14Cl2O2SSi. The zero-order valence-electron chi connectivity index (χ0n) is 8.99. The Morgan fingerprint density at radius 1 is 1.19 bits per heavy atom. The van der Waals surface area contributed by atoms with E-state index in [4.69, 9.17) is 22.2 Å². The molecule has 0 atom stereocenters.